The number of amides is 1. The zero-order valence-electron chi connectivity index (χ0n) is 13.5. The molecule has 5 nitrogen and oxygen atoms in total. The number of para-hydroxylation sites is 1. The zero-order chi connectivity index (χ0) is 16.8. The highest BCUT2D eigenvalue weighted by Crippen LogP contribution is 2.37. The molecule has 1 aliphatic heterocycles. The SMILES string of the molecule is O=C(c1ccc2cn[nH]c2c1)N1CCCC1c1nc2ccccc2s1. The van der Waals surface area contributed by atoms with E-state index in [0.29, 0.717) is 5.56 Å². The molecule has 4 aromatic rings. The lowest BCUT2D eigenvalue weighted by Gasteiger charge is -2.23. The fourth-order valence-corrected chi connectivity index (χ4v) is 4.65. The molecule has 0 bridgehead atoms. The van der Waals surface area contributed by atoms with E-state index in [2.05, 4.69) is 16.3 Å². The first-order chi connectivity index (χ1) is 12.3. The second-order valence-corrected chi connectivity index (χ2v) is 7.41. The average Bonchev–Trinajstić information content (AvgIpc) is 3.37. The molecular weight excluding hydrogens is 332 g/mol. The Morgan fingerprint density at radius 3 is 3.08 bits per heavy atom. The number of carbonyl (C=O) groups excluding carboxylic acids is 1. The van der Waals surface area contributed by atoms with Crippen molar-refractivity contribution in [3.05, 3.63) is 59.2 Å². The van der Waals surface area contributed by atoms with Gasteiger partial charge in [0.1, 0.15) is 5.01 Å². The van der Waals surface area contributed by atoms with Crippen LogP contribution in [0.25, 0.3) is 21.1 Å². The number of hydrogen-bond donors (Lipinski definition) is 1. The van der Waals surface area contributed by atoms with Crippen molar-refractivity contribution in [1.29, 1.82) is 0 Å². The minimum atomic E-state index is 0.0678. The van der Waals surface area contributed by atoms with Gasteiger partial charge in [0.25, 0.3) is 5.91 Å². The monoisotopic (exact) mass is 348 g/mol. The lowest BCUT2D eigenvalue weighted by molar-refractivity contribution is 0.0735. The second kappa shape index (κ2) is 5.67. The summed E-state index contributed by atoms with van der Waals surface area (Å²) in [5, 5.41) is 9.01. The van der Waals surface area contributed by atoms with Crippen LogP contribution in [-0.4, -0.2) is 32.5 Å². The highest BCUT2D eigenvalue weighted by atomic mass is 32.1. The molecule has 1 saturated heterocycles. The smallest absolute Gasteiger partial charge is 0.254 e. The van der Waals surface area contributed by atoms with Crippen LogP contribution >= 0.6 is 11.3 Å². The van der Waals surface area contributed by atoms with Crippen LogP contribution in [0.4, 0.5) is 0 Å². The van der Waals surface area contributed by atoms with Crippen LogP contribution < -0.4 is 0 Å². The second-order valence-electron chi connectivity index (χ2n) is 6.35. The van der Waals surface area contributed by atoms with Gasteiger partial charge in [0.05, 0.1) is 28.0 Å². The number of fused-ring (bicyclic) bond motifs is 2. The molecule has 3 heterocycles. The van der Waals surface area contributed by atoms with Gasteiger partial charge in [-0.25, -0.2) is 4.98 Å². The third-order valence-corrected chi connectivity index (χ3v) is 5.94. The first-order valence-electron chi connectivity index (χ1n) is 8.39. The van der Waals surface area contributed by atoms with Crippen molar-refractivity contribution in [2.75, 3.05) is 6.54 Å². The Bertz CT molecular complexity index is 1050. The van der Waals surface area contributed by atoms with Crippen molar-refractivity contribution in [2.45, 2.75) is 18.9 Å². The van der Waals surface area contributed by atoms with Gasteiger partial charge in [0.2, 0.25) is 0 Å². The quantitative estimate of drug-likeness (QED) is 0.592. The van der Waals surface area contributed by atoms with Gasteiger partial charge in [-0.1, -0.05) is 18.2 Å². The standard InChI is InChI=1S/C19H16N4OS/c24-19(12-7-8-13-11-20-22-15(13)10-12)23-9-3-5-16(23)18-21-14-4-1-2-6-17(14)25-18/h1-2,4,6-8,10-11,16H,3,5,9H2,(H,20,22). The summed E-state index contributed by atoms with van der Waals surface area (Å²) in [6, 6.07) is 13.9. The van der Waals surface area contributed by atoms with Gasteiger partial charge in [-0.05, 0) is 37.1 Å². The zero-order valence-corrected chi connectivity index (χ0v) is 14.3. The average molecular weight is 348 g/mol. The highest BCUT2D eigenvalue weighted by Gasteiger charge is 2.32. The third-order valence-electron chi connectivity index (χ3n) is 4.80. The van der Waals surface area contributed by atoms with E-state index >= 15 is 0 Å². The Morgan fingerprint density at radius 1 is 1.24 bits per heavy atom. The van der Waals surface area contributed by atoms with Crippen LogP contribution in [0.2, 0.25) is 0 Å². The van der Waals surface area contributed by atoms with Crippen molar-refractivity contribution >= 4 is 38.4 Å². The van der Waals surface area contributed by atoms with Crippen LogP contribution in [0.1, 0.15) is 34.2 Å². The normalized spacial score (nSPS) is 17.6. The Kier molecular flexibility index (Phi) is 3.31. The molecule has 0 spiro atoms. The Balaban J connectivity index is 1.50. The molecule has 0 saturated carbocycles. The number of nitrogens with zero attached hydrogens (tertiary/aromatic N) is 3. The summed E-state index contributed by atoms with van der Waals surface area (Å²) in [6.07, 6.45) is 3.75. The van der Waals surface area contributed by atoms with Gasteiger partial charge in [-0.3, -0.25) is 9.89 Å². The van der Waals surface area contributed by atoms with Crippen molar-refractivity contribution in [2.24, 2.45) is 0 Å². The molecule has 2 aromatic heterocycles. The van der Waals surface area contributed by atoms with Gasteiger partial charge >= 0.3 is 0 Å². The lowest BCUT2D eigenvalue weighted by Crippen LogP contribution is -2.30. The summed E-state index contributed by atoms with van der Waals surface area (Å²) in [5.74, 6) is 0.0678. The van der Waals surface area contributed by atoms with Gasteiger partial charge in [-0.2, -0.15) is 5.10 Å². The summed E-state index contributed by atoms with van der Waals surface area (Å²) in [5.41, 5.74) is 2.60. The minimum absolute atomic E-state index is 0.0678. The number of likely N-dealkylation sites (tertiary alicyclic amines) is 1. The first-order valence-corrected chi connectivity index (χ1v) is 9.21. The van der Waals surface area contributed by atoms with E-state index in [-0.39, 0.29) is 11.9 Å². The molecule has 6 heteroatoms. The van der Waals surface area contributed by atoms with Gasteiger partial charge < -0.3 is 4.90 Å². The fraction of sp³-hybridized carbons (Fsp3) is 0.211. The van der Waals surface area contributed by atoms with Crippen molar-refractivity contribution < 1.29 is 4.79 Å². The third kappa shape index (κ3) is 2.41. The molecule has 1 unspecified atom stereocenters. The van der Waals surface area contributed by atoms with E-state index in [0.717, 1.165) is 40.8 Å². The summed E-state index contributed by atoms with van der Waals surface area (Å²) in [6.45, 7) is 0.778. The molecule has 25 heavy (non-hydrogen) atoms. The van der Waals surface area contributed by atoms with Gasteiger partial charge in [0, 0.05) is 17.5 Å². The maximum absolute atomic E-state index is 13.1. The van der Waals surface area contributed by atoms with E-state index in [1.807, 2.05) is 41.3 Å². The molecular formula is C19H16N4OS. The van der Waals surface area contributed by atoms with Gasteiger partial charge in [0.15, 0.2) is 0 Å². The number of nitrogens with one attached hydrogen (secondary N) is 1. The first kappa shape index (κ1) is 14.6. The molecule has 124 valence electrons. The molecule has 1 atom stereocenters. The summed E-state index contributed by atoms with van der Waals surface area (Å²) in [7, 11) is 0. The maximum Gasteiger partial charge on any atom is 0.254 e. The van der Waals surface area contributed by atoms with Crippen LogP contribution in [0.15, 0.2) is 48.7 Å². The number of carbonyl (C=O) groups is 1. The topological polar surface area (TPSA) is 61.9 Å². The molecule has 1 fully saturated rings. The Morgan fingerprint density at radius 2 is 2.16 bits per heavy atom. The molecule has 0 radical (unpaired) electrons. The van der Waals surface area contributed by atoms with E-state index in [9.17, 15) is 4.79 Å². The maximum atomic E-state index is 13.1. The van der Waals surface area contributed by atoms with E-state index in [4.69, 9.17) is 4.98 Å². The largest absolute Gasteiger partial charge is 0.329 e. The van der Waals surface area contributed by atoms with Crippen LogP contribution in [0.3, 0.4) is 0 Å². The number of hydrogen-bond acceptors (Lipinski definition) is 4. The summed E-state index contributed by atoms with van der Waals surface area (Å²) >= 11 is 1.69. The minimum Gasteiger partial charge on any atom is -0.329 e. The predicted molar refractivity (Wildman–Crippen MR) is 98.7 cm³/mol. The number of rotatable bonds is 2. The number of aromatic amines is 1. The lowest BCUT2D eigenvalue weighted by atomic mass is 10.1. The fourth-order valence-electron chi connectivity index (χ4n) is 3.53. The van der Waals surface area contributed by atoms with Crippen LogP contribution in [-0.2, 0) is 0 Å². The van der Waals surface area contributed by atoms with Crippen molar-refractivity contribution in [3.8, 4) is 0 Å². The summed E-state index contributed by atoms with van der Waals surface area (Å²) in [4.78, 5) is 19.8. The predicted octanol–water partition coefficient (Wildman–Crippen LogP) is 4.15. The van der Waals surface area contributed by atoms with E-state index in [1.54, 1.807) is 17.5 Å². The number of benzene rings is 2. The molecule has 1 N–H and O–H groups in total. The summed E-state index contributed by atoms with van der Waals surface area (Å²) < 4.78 is 1.18. The Hall–Kier alpha value is -2.73. The molecule has 0 aliphatic carbocycles. The van der Waals surface area contributed by atoms with Gasteiger partial charge in [-0.15, -0.1) is 11.3 Å². The van der Waals surface area contributed by atoms with Crippen LogP contribution in [0.5, 0.6) is 0 Å². The number of thiazole rings is 1. The Labute approximate surface area is 148 Å². The molecule has 2 aromatic carbocycles. The highest BCUT2D eigenvalue weighted by molar-refractivity contribution is 7.18. The number of aromatic nitrogens is 3. The van der Waals surface area contributed by atoms with E-state index in [1.165, 1.54) is 4.70 Å². The van der Waals surface area contributed by atoms with E-state index < -0.39 is 0 Å². The molecule has 5 rings (SSSR count). The van der Waals surface area contributed by atoms with Crippen LogP contribution in [0, 0.1) is 0 Å². The number of H-pyrrole nitrogens is 1. The molecule has 1 aliphatic rings. The van der Waals surface area contributed by atoms with Crippen molar-refractivity contribution in [3.63, 3.8) is 0 Å². The van der Waals surface area contributed by atoms with Crippen molar-refractivity contribution in [1.82, 2.24) is 20.1 Å². The molecule has 1 amide bonds.